The summed E-state index contributed by atoms with van der Waals surface area (Å²) < 4.78 is 0. The quantitative estimate of drug-likeness (QED) is 0.213. The first-order valence-electron chi connectivity index (χ1n) is 1.54. The van der Waals surface area contributed by atoms with Crippen LogP contribution in [0.25, 0.3) is 0 Å². The van der Waals surface area contributed by atoms with Crippen LogP contribution in [0.4, 0.5) is 0 Å². The molecule has 6 heteroatoms. The van der Waals surface area contributed by atoms with E-state index in [4.69, 9.17) is 21.5 Å². The van der Waals surface area contributed by atoms with Crippen LogP contribution in [0, 0.1) is 11.5 Å². The average Bonchev–Trinajstić information content (AvgIpc) is 1.72. The van der Waals surface area contributed by atoms with Gasteiger partial charge < -0.3 is 22.4 Å². The third-order valence-electron chi connectivity index (χ3n) is 0.179. The minimum atomic E-state index is -0.197. The van der Waals surface area contributed by atoms with Crippen molar-refractivity contribution in [1.29, 1.82) is 5.26 Å². The van der Waals surface area contributed by atoms with Crippen molar-refractivity contribution in [3.8, 4) is 6.19 Å². The molecule has 6 nitrogen and oxygen atoms in total. The number of hydrogen-bond donors (Lipinski definition) is 3. The molecule has 0 saturated carbocycles. The number of nitrogens with zero attached hydrogens (tertiary/aromatic N) is 2. The fraction of sp³-hybridized carbons (Fsp3) is 0. The van der Waals surface area contributed by atoms with Gasteiger partial charge in [0.2, 0.25) is 12.2 Å². The highest BCUT2D eigenvalue weighted by atomic mass is 16.1. The zero-order chi connectivity index (χ0) is 6.99. The second kappa shape index (κ2) is 16.2. The Balaban J connectivity index is -0.000000109. The number of hydrogen-bond acceptors (Lipinski definition) is 4. The minimum absolute atomic E-state index is 0. The van der Waals surface area contributed by atoms with E-state index < -0.39 is 0 Å². The highest BCUT2D eigenvalue weighted by Gasteiger charge is 1.67. The molecule has 0 bridgehead atoms. The van der Waals surface area contributed by atoms with Gasteiger partial charge in [0.15, 0.2) is 0 Å². The van der Waals surface area contributed by atoms with E-state index in [1.54, 1.807) is 0 Å². The van der Waals surface area contributed by atoms with Crippen molar-refractivity contribution in [1.82, 2.24) is 6.15 Å². The Morgan fingerprint density at radius 1 is 1.56 bits per heavy atom. The van der Waals surface area contributed by atoms with Crippen LogP contribution in [0.2, 0.25) is 0 Å². The summed E-state index contributed by atoms with van der Waals surface area (Å²) >= 11 is 0. The standard InChI is InChI=1S/C2H4N4.CH2O.H3N/c3-1-6-2(4)5;1-2;/h(H4,4,5,6);1H2;1H3. The van der Waals surface area contributed by atoms with E-state index in [2.05, 4.69) is 4.99 Å². The average molecular weight is 131 g/mol. The van der Waals surface area contributed by atoms with Crippen LogP contribution >= 0.6 is 0 Å². The van der Waals surface area contributed by atoms with Gasteiger partial charge in [-0.05, 0) is 0 Å². The van der Waals surface area contributed by atoms with Gasteiger partial charge in [-0.2, -0.15) is 5.26 Å². The lowest BCUT2D eigenvalue weighted by atomic mass is 11.1. The molecule has 7 N–H and O–H groups in total. The highest BCUT2D eigenvalue weighted by Crippen LogP contribution is 1.49. The van der Waals surface area contributed by atoms with Gasteiger partial charge in [-0.25, -0.2) is 0 Å². The molecule has 0 aromatic rings. The Bertz CT molecular complexity index is 110. The Kier molecular flexibility index (Phi) is 28.1. The Morgan fingerprint density at radius 3 is 1.89 bits per heavy atom. The molecule has 0 fully saturated rings. The molecular weight excluding hydrogens is 122 g/mol. The molecule has 0 rings (SSSR count). The zero-order valence-electron chi connectivity index (χ0n) is 4.87. The molecule has 0 aliphatic heterocycles. The smallest absolute Gasteiger partial charge is 0.209 e. The molecule has 0 spiro atoms. The van der Waals surface area contributed by atoms with Crippen molar-refractivity contribution in [2.45, 2.75) is 0 Å². The molecule has 0 heterocycles. The van der Waals surface area contributed by atoms with Crippen LogP contribution in [0.15, 0.2) is 4.99 Å². The second-order valence-corrected chi connectivity index (χ2v) is 0.637. The van der Waals surface area contributed by atoms with E-state index in [0.717, 1.165) is 0 Å². The van der Waals surface area contributed by atoms with Crippen LogP contribution in [0.3, 0.4) is 0 Å². The molecule has 0 aliphatic carbocycles. The largest absolute Gasteiger partial charge is 0.369 e. The van der Waals surface area contributed by atoms with Crippen LogP contribution in [0.5, 0.6) is 0 Å². The number of rotatable bonds is 0. The normalized spacial score (nSPS) is 4.33. The molecule has 0 unspecified atom stereocenters. The Hall–Kier alpha value is -1.61. The summed E-state index contributed by atoms with van der Waals surface area (Å²) in [6.07, 6.45) is 1.41. The maximum absolute atomic E-state index is 8.00. The van der Waals surface area contributed by atoms with Gasteiger partial charge in [0, 0.05) is 0 Å². The molecule has 0 radical (unpaired) electrons. The number of guanidine groups is 1. The lowest BCUT2D eigenvalue weighted by molar-refractivity contribution is -0.0979. The molecular formula is C3H9N5O. The van der Waals surface area contributed by atoms with Crippen molar-refractivity contribution >= 4 is 12.7 Å². The SMILES string of the molecule is C=O.N.N#CN=C(N)N. The molecule has 9 heavy (non-hydrogen) atoms. The lowest BCUT2D eigenvalue weighted by Crippen LogP contribution is -2.21. The van der Waals surface area contributed by atoms with Gasteiger partial charge in [0.1, 0.15) is 6.79 Å². The van der Waals surface area contributed by atoms with Crippen molar-refractivity contribution in [2.75, 3.05) is 0 Å². The minimum Gasteiger partial charge on any atom is -0.369 e. The van der Waals surface area contributed by atoms with Crippen LogP contribution in [-0.4, -0.2) is 12.7 Å². The van der Waals surface area contributed by atoms with Gasteiger partial charge in [0.25, 0.3) is 0 Å². The van der Waals surface area contributed by atoms with Crippen LogP contribution in [-0.2, 0) is 4.79 Å². The summed E-state index contributed by atoms with van der Waals surface area (Å²) in [6.45, 7) is 2.00. The molecule has 0 amide bonds. The van der Waals surface area contributed by atoms with Gasteiger partial charge in [0.05, 0.1) is 0 Å². The Morgan fingerprint density at radius 2 is 1.89 bits per heavy atom. The molecule has 0 saturated heterocycles. The van der Waals surface area contributed by atoms with Gasteiger partial charge in [-0.3, -0.25) is 0 Å². The third-order valence-corrected chi connectivity index (χ3v) is 0.179. The predicted molar refractivity (Wildman–Crippen MR) is 33.6 cm³/mol. The summed E-state index contributed by atoms with van der Waals surface area (Å²) in [5, 5.41) is 7.64. The van der Waals surface area contributed by atoms with Crippen molar-refractivity contribution in [3.05, 3.63) is 0 Å². The molecule has 0 atom stereocenters. The highest BCUT2D eigenvalue weighted by molar-refractivity contribution is 5.76. The summed E-state index contributed by atoms with van der Waals surface area (Å²) in [7, 11) is 0. The van der Waals surface area contributed by atoms with E-state index in [1.165, 1.54) is 6.19 Å². The summed E-state index contributed by atoms with van der Waals surface area (Å²) in [4.78, 5) is 10.9. The van der Waals surface area contributed by atoms with Crippen molar-refractivity contribution in [2.24, 2.45) is 16.5 Å². The van der Waals surface area contributed by atoms with Gasteiger partial charge in [-0.1, -0.05) is 0 Å². The number of carbonyl (C=O) groups is 1. The van der Waals surface area contributed by atoms with Crippen molar-refractivity contribution in [3.63, 3.8) is 0 Å². The number of nitriles is 1. The van der Waals surface area contributed by atoms with E-state index in [1.807, 2.05) is 6.79 Å². The molecule has 52 valence electrons. The van der Waals surface area contributed by atoms with Gasteiger partial charge >= 0.3 is 0 Å². The first kappa shape index (κ1) is 15.7. The topological polar surface area (TPSA) is 140 Å². The van der Waals surface area contributed by atoms with Crippen LogP contribution in [0.1, 0.15) is 0 Å². The lowest BCUT2D eigenvalue weighted by Gasteiger charge is -1.74. The summed E-state index contributed by atoms with van der Waals surface area (Å²) in [6, 6.07) is 0. The van der Waals surface area contributed by atoms with E-state index in [0.29, 0.717) is 0 Å². The fourth-order valence-corrected chi connectivity index (χ4v) is 0.0577. The van der Waals surface area contributed by atoms with E-state index in [-0.39, 0.29) is 12.1 Å². The van der Waals surface area contributed by atoms with E-state index in [9.17, 15) is 0 Å². The fourth-order valence-electron chi connectivity index (χ4n) is 0.0577. The number of nitrogens with two attached hydrogens (primary N) is 2. The maximum atomic E-state index is 8.00. The number of carbonyl (C=O) groups excluding carboxylic acids is 1. The first-order valence-corrected chi connectivity index (χ1v) is 1.54. The molecule has 0 aliphatic rings. The zero-order valence-corrected chi connectivity index (χ0v) is 4.87. The third kappa shape index (κ3) is 63.7. The first-order chi connectivity index (χ1) is 3.77. The predicted octanol–water partition coefficient (Wildman–Crippen LogP) is -1.28. The van der Waals surface area contributed by atoms with Crippen LogP contribution < -0.4 is 17.6 Å². The second-order valence-electron chi connectivity index (χ2n) is 0.637. The maximum Gasteiger partial charge on any atom is 0.209 e. The Labute approximate surface area is 52.7 Å². The van der Waals surface area contributed by atoms with E-state index >= 15 is 0 Å². The van der Waals surface area contributed by atoms with Gasteiger partial charge in [-0.15, -0.1) is 4.99 Å². The molecule has 0 aromatic carbocycles. The monoisotopic (exact) mass is 131 g/mol. The molecule has 0 aromatic heterocycles. The summed E-state index contributed by atoms with van der Waals surface area (Å²) in [5.74, 6) is -0.197. The summed E-state index contributed by atoms with van der Waals surface area (Å²) in [5.41, 5.74) is 9.42. The van der Waals surface area contributed by atoms with Crippen molar-refractivity contribution < 1.29 is 4.79 Å². The number of aliphatic imine (C=N–C) groups is 1.